The van der Waals surface area contributed by atoms with Gasteiger partial charge in [-0.3, -0.25) is 0 Å². The van der Waals surface area contributed by atoms with Gasteiger partial charge < -0.3 is 15.5 Å². The molecule has 100 valence electrons. The van der Waals surface area contributed by atoms with Gasteiger partial charge in [0, 0.05) is 12.6 Å². The Hall–Kier alpha value is -0.120. The van der Waals surface area contributed by atoms with Crippen molar-refractivity contribution in [2.45, 2.75) is 38.1 Å². The van der Waals surface area contributed by atoms with Gasteiger partial charge in [-0.15, -0.1) is 0 Å². The zero-order valence-corrected chi connectivity index (χ0v) is 11.6. The molecular formula is C14H29N3. The van der Waals surface area contributed by atoms with Gasteiger partial charge in [-0.25, -0.2) is 0 Å². The van der Waals surface area contributed by atoms with Crippen LogP contribution in [0.2, 0.25) is 0 Å². The second kappa shape index (κ2) is 6.17. The van der Waals surface area contributed by atoms with E-state index in [1.807, 2.05) is 0 Å². The molecule has 1 saturated carbocycles. The van der Waals surface area contributed by atoms with Crippen LogP contribution in [0.15, 0.2) is 0 Å². The molecule has 17 heavy (non-hydrogen) atoms. The monoisotopic (exact) mass is 239 g/mol. The summed E-state index contributed by atoms with van der Waals surface area (Å²) in [5.74, 6) is 1.85. The van der Waals surface area contributed by atoms with E-state index in [0.717, 1.165) is 11.8 Å². The van der Waals surface area contributed by atoms with Crippen LogP contribution in [0.4, 0.5) is 0 Å². The summed E-state index contributed by atoms with van der Waals surface area (Å²) in [6.45, 7) is 5.14. The molecule has 0 aromatic rings. The minimum absolute atomic E-state index is 0.502. The van der Waals surface area contributed by atoms with Gasteiger partial charge in [-0.05, 0) is 77.7 Å². The van der Waals surface area contributed by atoms with Gasteiger partial charge in [0.25, 0.3) is 0 Å². The van der Waals surface area contributed by atoms with E-state index < -0.39 is 0 Å². The van der Waals surface area contributed by atoms with Crippen molar-refractivity contribution in [2.75, 3.05) is 40.3 Å². The molecule has 1 aliphatic heterocycles. The fraction of sp³-hybridized carbons (Fsp3) is 1.00. The van der Waals surface area contributed by atoms with E-state index in [1.54, 1.807) is 0 Å². The Kier molecular flexibility index (Phi) is 4.83. The van der Waals surface area contributed by atoms with Gasteiger partial charge in [-0.1, -0.05) is 0 Å². The van der Waals surface area contributed by atoms with E-state index in [2.05, 4.69) is 23.9 Å². The van der Waals surface area contributed by atoms with E-state index in [1.165, 1.54) is 58.3 Å². The molecule has 0 unspecified atom stereocenters. The second-order valence-electron chi connectivity index (χ2n) is 6.40. The number of hydrogen-bond acceptors (Lipinski definition) is 3. The Labute approximate surface area is 106 Å². The van der Waals surface area contributed by atoms with Crippen LogP contribution in [-0.4, -0.2) is 56.1 Å². The Morgan fingerprint density at radius 3 is 2.41 bits per heavy atom. The number of rotatable bonds is 5. The van der Waals surface area contributed by atoms with Crippen molar-refractivity contribution in [1.82, 2.24) is 9.80 Å². The zero-order valence-electron chi connectivity index (χ0n) is 11.6. The summed E-state index contributed by atoms with van der Waals surface area (Å²) in [7, 11) is 4.51. The summed E-state index contributed by atoms with van der Waals surface area (Å²) < 4.78 is 0. The smallest absolute Gasteiger partial charge is 0.00450 e. The lowest BCUT2D eigenvalue weighted by Crippen LogP contribution is -2.42. The molecular weight excluding hydrogens is 210 g/mol. The van der Waals surface area contributed by atoms with Crippen molar-refractivity contribution in [2.24, 2.45) is 17.6 Å². The fourth-order valence-corrected chi connectivity index (χ4v) is 3.22. The maximum atomic E-state index is 5.83. The average molecular weight is 239 g/mol. The molecule has 0 aromatic carbocycles. The number of likely N-dealkylation sites (tertiary alicyclic amines) is 1. The topological polar surface area (TPSA) is 32.5 Å². The van der Waals surface area contributed by atoms with Gasteiger partial charge in [0.15, 0.2) is 0 Å². The van der Waals surface area contributed by atoms with Crippen LogP contribution in [0.5, 0.6) is 0 Å². The first-order valence-electron chi connectivity index (χ1n) is 7.26. The summed E-state index contributed by atoms with van der Waals surface area (Å²) in [6.07, 6.45) is 6.69. The molecule has 2 N–H and O–H groups in total. The Balaban J connectivity index is 1.55. The van der Waals surface area contributed by atoms with Crippen molar-refractivity contribution < 1.29 is 0 Å². The number of nitrogens with two attached hydrogens (primary N) is 1. The van der Waals surface area contributed by atoms with Crippen molar-refractivity contribution in [3.05, 3.63) is 0 Å². The summed E-state index contributed by atoms with van der Waals surface area (Å²) in [6, 6.07) is 0.502. The lowest BCUT2D eigenvalue weighted by molar-refractivity contribution is 0.160. The third-order valence-electron chi connectivity index (χ3n) is 4.60. The lowest BCUT2D eigenvalue weighted by atomic mass is 9.80. The number of piperidine rings is 1. The normalized spacial score (nSPS) is 31.8. The Bertz CT molecular complexity index is 218. The van der Waals surface area contributed by atoms with Gasteiger partial charge in [0.05, 0.1) is 0 Å². The first kappa shape index (κ1) is 13.3. The minimum atomic E-state index is 0.502. The number of hydrogen-bond donors (Lipinski definition) is 1. The molecule has 0 radical (unpaired) electrons. The van der Waals surface area contributed by atoms with E-state index in [-0.39, 0.29) is 0 Å². The molecule has 0 bridgehead atoms. The molecule has 1 aliphatic carbocycles. The molecule has 0 amide bonds. The first-order chi connectivity index (χ1) is 8.13. The molecule has 0 aromatic heterocycles. The molecule has 2 aliphatic rings. The standard InChI is InChI=1S/C14H29N3/c1-16-6-3-12(4-7-16)5-8-17(2)11-13-9-14(15)10-13/h12-14H,3-11,15H2,1-2H3. The second-order valence-corrected chi connectivity index (χ2v) is 6.40. The van der Waals surface area contributed by atoms with Crippen molar-refractivity contribution in [3.8, 4) is 0 Å². The highest BCUT2D eigenvalue weighted by atomic mass is 15.1. The predicted molar refractivity (Wildman–Crippen MR) is 73.0 cm³/mol. The summed E-state index contributed by atoms with van der Waals surface area (Å²) >= 11 is 0. The van der Waals surface area contributed by atoms with Crippen LogP contribution in [0, 0.1) is 11.8 Å². The van der Waals surface area contributed by atoms with Crippen molar-refractivity contribution >= 4 is 0 Å². The molecule has 0 spiro atoms. The van der Waals surface area contributed by atoms with Crippen LogP contribution in [0.1, 0.15) is 32.1 Å². The highest BCUT2D eigenvalue weighted by molar-refractivity contribution is 4.83. The maximum absolute atomic E-state index is 5.83. The summed E-state index contributed by atoms with van der Waals surface area (Å²) in [4.78, 5) is 4.98. The molecule has 0 atom stereocenters. The zero-order chi connectivity index (χ0) is 12.3. The average Bonchev–Trinajstić information content (AvgIpc) is 2.26. The van der Waals surface area contributed by atoms with Crippen LogP contribution < -0.4 is 5.73 Å². The van der Waals surface area contributed by atoms with Gasteiger partial charge in [-0.2, -0.15) is 0 Å². The van der Waals surface area contributed by atoms with E-state index >= 15 is 0 Å². The van der Waals surface area contributed by atoms with E-state index in [0.29, 0.717) is 6.04 Å². The van der Waals surface area contributed by atoms with E-state index in [9.17, 15) is 0 Å². The van der Waals surface area contributed by atoms with Gasteiger partial charge >= 0.3 is 0 Å². The van der Waals surface area contributed by atoms with Crippen molar-refractivity contribution in [3.63, 3.8) is 0 Å². The quantitative estimate of drug-likeness (QED) is 0.787. The molecule has 1 saturated heterocycles. The third kappa shape index (κ3) is 4.23. The van der Waals surface area contributed by atoms with Crippen LogP contribution in [0.25, 0.3) is 0 Å². The third-order valence-corrected chi connectivity index (χ3v) is 4.60. The van der Waals surface area contributed by atoms with Gasteiger partial charge in [0.1, 0.15) is 0 Å². The fourth-order valence-electron chi connectivity index (χ4n) is 3.22. The van der Waals surface area contributed by atoms with Crippen molar-refractivity contribution in [1.29, 1.82) is 0 Å². The molecule has 3 heteroatoms. The van der Waals surface area contributed by atoms with Crippen LogP contribution in [0.3, 0.4) is 0 Å². The minimum Gasteiger partial charge on any atom is -0.328 e. The molecule has 3 nitrogen and oxygen atoms in total. The lowest BCUT2D eigenvalue weighted by Gasteiger charge is -2.36. The predicted octanol–water partition coefficient (Wildman–Crippen LogP) is 1.39. The van der Waals surface area contributed by atoms with Crippen LogP contribution >= 0.6 is 0 Å². The molecule has 1 heterocycles. The van der Waals surface area contributed by atoms with E-state index in [4.69, 9.17) is 5.73 Å². The highest BCUT2D eigenvalue weighted by Gasteiger charge is 2.26. The number of nitrogens with zero attached hydrogens (tertiary/aromatic N) is 2. The first-order valence-corrected chi connectivity index (χ1v) is 7.26. The Morgan fingerprint density at radius 2 is 1.82 bits per heavy atom. The highest BCUT2D eigenvalue weighted by Crippen LogP contribution is 2.26. The Morgan fingerprint density at radius 1 is 1.18 bits per heavy atom. The molecule has 2 rings (SSSR count). The maximum Gasteiger partial charge on any atom is 0.00450 e. The van der Waals surface area contributed by atoms with Gasteiger partial charge in [0.2, 0.25) is 0 Å². The summed E-state index contributed by atoms with van der Waals surface area (Å²) in [5.41, 5.74) is 5.83. The molecule has 2 fully saturated rings. The summed E-state index contributed by atoms with van der Waals surface area (Å²) in [5, 5.41) is 0. The SMILES string of the molecule is CN1CCC(CCN(C)CC2CC(N)C2)CC1. The largest absolute Gasteiger partial charge is 0.328 e. The van der Waals surface area contributed by atoms with Crippen LogP contribution in [-0.2, 0) is 0 Å².